The molecule has 2 aromatic rings. The van der Waals surface area contributed by atoms with Gasteiger partial charge in [0.2, 0.25) is 35.7 Å². The first-order valence-corrected chi connectivity index (χ1v) is 13.5. The van der Waals surface area contributed by atoms with Gasteiger partial charge in [0.25, 0.3) is 0 Å². The standard InChI is InChI=1S/2C11H18N6.H2O4S/c2*1-4-7-13-10-15-9(12-6-3)16-11(17-10)14-8-5-2;1-5(2,3)4/h2*1H,5-8H2,2-3H3,(H3,12,13,14,15,16,17);(H2,1,2,3,4). The molecule has 216 valence electrons. The Balaban J connectivity index is 0.000000632. The Morgan fingerprint density at radius 1 is 0.590 bits per heavy atom. The summed E-state index contributed by atoms with van der Waals surface area (Å²) < 4.78 is 31.6. The molecule has 0 aliphatic rings. The lowest BCUT2D eigenvalue weighted by Gasteiger charge is -2.08. The van der Waals surface area contributed by atoms with E-state index in [1.165, 1.54) is 0 Å². The van der Waals surface area contributed by atoms with Crippen molar-refractivity contribution < 1.29 is 17.5 Å². The molecule has 0 aromatic carbocycles. The minimum Gasteiger partial charge on any atom is -0.354 e. The van der Waals surface area contributed by atoms with E-state index in [9.17, 15) is 0 Å². The van der Waals surface area contributed by atoms with Gasteiger partial charge in [-0.2, -0.15) is 38.3 Å². The first-order chi connectivity index (χ1) is 18.6. The van der Waals surface area contributed by atoms with Gasteiger partial charge in [0.05, 0.1) is 13.1 Å². The Labute approximate surface area is 230 Å². The molecule has 0 fully saturated rings. The lowest BCUT2D eigenvalue weighted by atomic mass is 10.5. The lowest BCUT2D eigenvalue weighted by molar-refractivity contribution is 0.381. The van der Waals surface area contributed by atoms with Crippen molar-refractivity contribution in [1.29, 1.82) is 0 Å². The van der Waals surface area contributed by atoms with Crippen molar-refractivity contribution in [2.24, 2.45) is 0 Å². The second-order valence-corrected chi connectivity index (χ2v) is 7.99. The third-order valence-corrected chi connectivity index (χ3v) is 3.70. The molecule has 0 spiro atoms. The summed E-state index contributed by atoms with van der Waals surface area (Å²) in [4.78, 5) is 25.3. The predicted molar refractivity (Wildman–Crippen MR) is 154 cm³/mol. The number of rotatable bonds is 14. The highest BCUT2D eigenvalue weighted by molar-refractivity contribution is 7.79. The normalized spacial score (nSPS) is 9.74. The van der Waals surface area contributed by atoms with Crippen molar-refractivity contribution in [1.82, 2.24) is 29.9 Å². The first kappa shape index (κ1) is 34.8. The fourth-order valence-electron chi connectivity index (χ4n) is 2.28. The van der Waals surface area contributed by atoms with Gasteiger partial charge in [-0.3, -0.25) is 9.11 Å². The molecule has 2 aromatic heterocycles. The third-order valence-electron chi connectivity index (χ3n) is 3.70. The number of nitrogens with zero attached hydrogens (tertiary/aromatic N) is 6. The Morgan fingerprint density at radius 3 is 1.08 bits per heavy atom. The van der Waals surface area contributed by atoms with Crippen LogP contribution >= 0.6 is 0 Å². The molecule has 0 atom stereocenters. The van der Waals surface area contributed by atoms with Crippen molar-refractivity contribution in [3.8, 4) is 24.7 Å². The fraction of sp³-hybridized carbons (Fsp3) is 0.545. The van der Waals surface area contributed by atoms with Crippen molar-refractivity contribution >= 4 is 46.1 Å². The zero-order valence-electron chi connectivity index (χ0n) is 22.6. The maximum Gasteiger partial charge on any atom is 0.394 e. The van der Waals surface area contributed by atoms with Gasteiger partial charge < -0.3 is 31.9 Å². The molecule has 0 amide bonds. The molecule has 17 heteroatoms. The number of anilines is 6. The maximum atomic E-state index is 8.74. The topological polar surface area (TPSA) is 224 Å². The van der Waals surface area contributed by atoms with E-state index in [-0.39, 0.29) is 0 Å². The van der Waals surface area contributed by atoms with Crippen LogP contribution in [-0.2, 0) is 10.4 Å². The van der Waals surface area contributed by atoms with E-state index in [1.54, 1.807) is 0 Å². The van der Waals surface area contributed by atoms with Crippen molar-refractivity contribution in [2.75, 3.05) is 71.2 Å². The molecule has 2 rings (SSSR count). The van der Waals surface area contributed by atoms with Crippen LogP contribution in [0.25, 0.3) is 0 Å². The van der Waals surface area contributed by atoms with Crippen LogP contribution < -0.4 is 31.9 Å². The van der Waals surface area contributed by atoms with E-state index in [2.05, 4.69) is 87.5 Å². The lowest BCUT2D eigenvalue weighted by Crippen LogP contribution is -2.12. The summed E-state index contributed by atoms with van der Waals surface area (Å²) in [5, 5.41) is 18.2. The maximum absolute atomic E-state index is 8.74. The predicted octanol–water partition coefficient (Wildman–Crippen LogP) is 1.69. The monoisotopic (exact) mass is 566 g/mol. The van der Waals surface area contributed by atoms with Gasteiger partial charge in [0.1, 0.15) is 0 Å². The highest BCUT2D eigenvalue weighted by atomic mass is 32.3. The van der Waals surface area contributed by atoms with Gasteiger partial charge in [-0.25, -0.2) is 0 Å². The Kier molecular flexibility index (Phi) is 18.6. The smallest absolute Gasteiger partial charge is 0.354 e. The summed E-state index contributed by atoms with van der Waals surface area (Å²) >= 11 is 0. The third kappa shape index (κ3) is 19.6. The minimum absolute atomic E-state index is 0.392. The van der Waals surface area contributed by atoms with Gasteiger partial charge in [0, 0.05) is 26.2 Å². The van der Waals surface area contributed by atoms with Crippen molar-refractivity contribution in [3.05, 3.63) is 0 Å². The molecule has 0 aliphatic carbocycles. The minimum atomic E-state index is -4.67. The number of hydrogen-bond donors (Lipinski definition) is 8. The first-order valence-electron chi connectivity index (χ1n) is 12.1. The molecule has 0 aliphatic heterocycles. The van der Waals surface area contributed by atoms with Crippen molar-refractivity contribution in [2.45, 2.75) is 40.5 Å². The molecule has 0 bridgehead atoms. The van der Waals surface area contributed by atoms with Gasteiger partial charge >= 0.3 is 10.4 Å². The Bertz CT molecular complexity index is 1070. The molecule has 39 heavy (non-hydrogen) atoms. The van der Waals surface area contributed by atoms with Gasteiger partial charge in [-0.05, 0) is 26.7 Å². The number of hydrogen-bond acceptors (Lipinski definition) is 14. The van der Waals surface area contributed by atoms with Crippen LogP contribution in [0.5, 0.6) is 0 Å². The fourth-order valence-corrected chi connectivity index (χ4v) is 2.28. The second kappa shape index (κ2) is 20.8. The summed E-state index contributed by atoms with van der Waals surface area (Å²) in [5.74, 6) is 8.10. The van der Waals surface area contributed by atoms with E-state index in [4.69, 9.17) is 30.4 Å². The van der Waals surface area contributed by atoms with E-state index in [0.29, 0.717) is 48.8 Å². The summed E-state index contributed by atoms with van der Waals surface area (Å²) in [6.45, 7) is 12.1. The van der Waals surface area contributed by atoms with E-state index in [0.717, 1.165) is 39.0 Å². The van der Waals surface area contributed by atoms with E-state index < -0.39 is 10.4 Å². The molecule has 0 unspecified atom stereocenters. The molecular formula is C22H38N12O4S. The molecule has 2 heterocycles. The number of nitrogens with one attached hydrogen (secondary N) is 6. The van der Waals surface area contributed by atoms with Gasteiger partial charge in [-0.1, -0.05) is 25.7 Å². The molecular weight excluding hydrogens is 528 g/mol. The molecule has 0 radical (unpaired) electrons. The largest absolute Gasteiger partial charge is 0.394 e. The summed E-state index contributed by atoms with van der Waals surface area (Å²) in [7, 11) is -4.67. The summed E-state index contributed by atoms with van der Waals surface area (Å²) in [5.41, 5.74) is 0. The zero-order valence-corrected chi connectivity index (χ0v) is 23.4. The van der Waals surface area contributed by atoms with Crippen LogP contribution in [0.4, 0.5) is 35.7 Å². The Hall–Kier alpha value is -4.19. The van der Waals surface area contributed by atoms with Gasteiger partial charge in [0.15, 0.2) is 0 Å². The molecule has 8 N–H and O–H groups in total. The van der Waals surface area contributed by atoms with Crippen LogP contribution in [0.3, 0.4) is 0 Å². The van der Waals surface area contributed by atoms with Crippen molar-refractivity contribution in [3.63, 3.8) is 0 Å². The van der Waals surface area contributed by atoms with Crippen LogP contribution in [0.2, 0.25) is 0 Å². The van der Waals surface area contributed by atoms with Crippen LogP contribution in [0, 0.1) is 24.7 Å². The Morgan fingerprint density at radius 2 is 0.846 bits per heavy atom. The van der Waals surface area contributed by atoms with Gasteiger partial charge in [-0.15, -0.1) is 12.8 Å². The van der Waals surface area contributed by atoms with Crippen LogP contribution in [0.15, 0.2) is 0 Å². The number of aromatic nitrogens is 6. The van der Waals surface area contributed by atoms with E-state index >= 15 is 0 Å². The average Bonchev–Trinajstić information content (AvgIpc) is 2.88. The highest BCUT2D eigenvalue weighted by Gasteiger charge is 2.05. The average molecular weight is 567 g/mol. The molecule has 16 nitrogen and oxygen atoms in total. The van der Waals surface area contributed by atoms with Crippen LogP contribution in [-0.4, -0.2) is 86.7 Å². The molecule has 0 saturated heterocycles. The van der Waals surface area contributed by atoms with E-state index in [1.807, 2.05) is 13.8 Å². The summed E-state index contributed by atoms with van der Waals surface area (Å²) in [6.07, 6.45) is 12.4. The summed E-state index contributed by atoms with van der Waals surface area (Å²) in [6, 6.07) is 0. The highest BCUT2D eigenvalue weighted by Crippen LogP contribution is 2.10. The molecule has 0 saturated carbocycles. The number of terminal acetylenes is 2. The SMILES string of the molecule is C#CCNc1nc(NCC)nc(NCCC)n1.C#CCNc1nc(NCC)nc(NCCC)n1.O=S(=O)(O)O. The quantitative estimate of drug-likeness (QED) is 0.120. The zero-order chi connectivity index (χ0) is 29.5. The second-order valence-electron chi connectivity index (χ2n) is 7.09. The van der Waals surface area contributed by atoms with Crippen LogP contribution in [0.1, 0.15) is 40.5 Å².